The molecule has 19 heavy (non-hydrogen) atoms. The molecule has 0 fully saturated rings. The van der Waals surface area contributed by atoms with Crippen molar-refractivity contribution in [3.63, 3.8) is 0 Å². The van der Waals surface area contributed by atoms with Crippen LogP contribution in [0, 0.1) is 0 Å². The van der Waals surface area contributed by atoms with Crippen LogP contribution in [0.1, 0.15) is 40.9 Å². The highest BCUT2D eigenvalue weighted by atomic mass is 16.5. The SMILES string of the molecule is C=C[C@H](C)c1c(C(=O)OC)c2n(c(=O)c1O)CCC2. The van der Waals surface area contributed by atoms with Gasteiger partial charge in [0.05, 0.1) is 12.7 Å². The molecule has 1 aliphatic rings. The van der Waals surface area contributed by atoms with E-state index in [1.165, 1.54) is 11.7 Å². The normalized spacial score (nSPS) is 14.8. The lowest BCUT2D eigenvalue weighted by Gasteiger charge is -2.18. The zero-order chi connectivity index (χ0) is 14.2. The highest BCUT2D eigenvalue weighted by Gasteiger charge is 2.30. The number of fused-ring (bicyclic) bond motifs is 1. The number of rotatable bonds is 3. The number of methoxy groups -OCH3 is 1. The van der Waals surface area contributed by atoms with E-state index >= 15 is 0 Å². The average molecular weight is 263 g/mol. The highest BCUT2D eigenvalue weighted by Crippen LogP contribution is 2.32. The van der Waals surface area contributed by atoms with E-state index < -0.39 is 11.5 Å². The third kappa shape index (κ3) is 1.95. The van der Waals surface area contributed by atoms with Crippen LogP contribution in [0.25, 0.3) is 0 Å². The fourth-order valence-corrected chi connectivity index (χ4v) is 2.57. The van der Waals surface area contributed by atoms with E-state index in [4.69, 9.17) is 4.74 Å². The smallest absolute Gasteiger partial charge is 0.340 e. The van der Waals surface area contributed by atoms with Gasteiger partial charge in [0, 0.05) is 23.7 Å². The molecule has 0 saturated carbocycles. The Balaban J connectivity index is 2.85. The van der Waals surface area contributed by atoms with Crippen molar-refractivity contribution < 1.29 is 14.6 Å². The number of ether oxygens (including phenoxy) is 1. The zero-order valence-corrected chi connectivity index (χ0v) is 11.1. The Hall–Kier alpha value is -2.04. The summed E-state index contributed by atoms with van der Waals surface area (Å²) in [6.07, 6.45) is 3.01. The van der Waals surface area contributed by atoms with E-state index in [0.717, 1.165) is 6.42 Å². The Morgan fingerprint density at radius 2 is 2.26 bits per heavy atom. The van der Waals surface area contributed by atoms with E-state index in [1.807, 2.05) is 0 Å². The van der Waals surface area contributed by atoms with Gasteiger partial charge in [-0.05, 0) is 12.8 Å². The molecular weight excluding hydrogens is 246 g/mol. The molecule has 0 radical (unpaired) electrons. The van der Waals surface area contributed by atoms with Crippen LogP contribution in [0.3, 0.4) is 0 Å². The fourth-order valence-electron chi connectivity index (χ4n) is 2.57. The van der Waals surface area contributed by atoms with E-state index in [9.17, 15) is 14.7 Å². The van der Waals surface area contributed by atoms with Crippen LogP contribution in [0.15, 0.2) is 17.4 Å². The third-order valence-corrected chi connectivity index (χ3v) is 3.58. The van der Waals surface area contributed by atoms with Crippen LogP contribution >= 0.6 is 0 Å². The minimum Gasteiger partial charge on any atom is -0.503 e. The van der Waals surface area contributed by atoms with Crippen molar-refractivity contribution in [2.75, 3.05) is 7.11 Å². The summed E-state index contributed by atoms with van der Waals surface area (Å²) in [5, 5.41) is 10.1. The van der Waals surface area contributed by atoms with Crippen LogP contribution in [0.5, 0.6) is 5.75 Å². The number of allylic oxidation sites excluding steroid dienone is 1. The molecule has 0 unspecified atom stereocenters. The molecule has 1 atom stereocenters. The molecule has 5 nitrogen and oxygen atoms in total. The Morgan fingerprint density at radius 1 is 1.58 bits per heavy atom. The van der Waals surface area contributed by atoms with Crippen molar-refractivity contribution in [1.29, 1.82) is 0 Å². The fraction of sp³-hybridized carbons (Fsp3) is 0.429. The summed E-state index contributed by atoms with van der Waals surface area (Å²) < 4.78 is 6.25. The molecule has 0 aromatic carbocycles. The second-order valence-corrected chi connectivity index (χ2v) is 4.66. The lowest BCUT2D eigenvalue weighted by atomic mass is 9.93. The predicted octanol–water partition coefficient (Wildman–Crippen LogP) is 1.58. The van der Waals surface area contributed by atoms with Gasteiger partial charge in [-0.3, -0.25) is 4.79 Å². The topological polar surface area (TPSA) is 68.5 Å². The number of pyridine rings is 1. The third-order valence-electron chi connectivity index (χ3n) is 3.58. The molecule has 0 saturated heterocycles. The van der Waals surface area contributed by atoms with Crippen molar-refractivity contribution in [1.82, 2.24) is 4.57 Å². The molecule has 5 heteroatoms. The van der Waals surface area contributed by atoms with Crippen LogP contribution in [-0.2, 0) is 17.7 Å². The number of aromatic hydroxyl groups is 1. The quantitative estimate of drug-likeness (QED) is 0.664. The van der Waals surface area contributed by atoms with Gasteiger partial charge < -0.3 is 14.4 Å². The summed E-state index contributed by atoms with van der Waals surface area (Å²) in [5.41, 5.74) is 0.840. The first-order valence-electron chi connectivity index (χ1n) is 6.22. The first kappa shape index (κ1) is 13.4. The number of aromatic nitrogens is 1. The number of carbonyl (C=O) groups excluding carboxylic acids is 1. The van der Waals surface area contributed by atoms with Crippen molar-refractivity contribution in [2.24, 2.45) is 0 Å². The summed E-state index contributed by atoms with van der Waals surface area (Å²) in [6, 6.07) is 0. The van der Waals surface area contributed by atoms with E-state index in [0.29, 0.717) is 29.8 Å². The summed E-state index contributed by atoms with van der Waals surface area (Å²) in [5.74, 6) is -1.20. The number of nitrogens with zero attached hydrogens (tertiary/aromatic N) is 1. The highest BCUT2D eigenvalue weighted by molar-refractivity contribution is 5.93. The maximum Gasteiger partial charge on any atom is 0.340 e. The van der Waals surface area contributed by atoms with Crippen molar-refractivity contribution >= 4 is 5.97 Å². The molecule has 2 rings (SSSR count). The average Bonchev–Trinajstić information content (AvgIpc) is 2.90. The van der Waals surface area contributed by atoms with Crippen LogP contribution in [-0.4, -0.2) is 22.8 Å². The van der Waals surface area contributed by atoms with Gasteiger partial charge in [0.2, 0.25) is 0 Å². The largest absolute Gasteiger partial charge is 0.503 e. The number of hydrogen-bond donors (Lipinski definition) is 1. The van der Waals surface area contributed by atoms with Crippen LogP contribution in [0.2, 0.25) is 0 Å². The first-order chi connectivity index (χ1) is 9.02. The molecule has 1 aliphatic heterocycles. The van der Waals surface area contributed by atoms with E-state index in [2.05, 4.69) is 6.58 Å². The monoisotopic (exact) mass is 263 g/mol. The maximum atomic E-state index is 12.1. The standard InChI is InChI=1S/C14H17NO4/c1-4-8(2)10-11(14(18)19-3)9-6-5-7-15(9)13(17)12(10)16/h4,8,16H,1,5-7H2,2-3H3/t8-/m0/s1. The number of hydrogen-bond acceptors (Lipinski definition) is 4. The zero-order valence-electron chi connectivity index (χ0n) is 11.1. The number of esters is 1. The molecule has 1 aromatic rings. The summed E-state index contributed by atoms with van der Waals surface area (Å²) >= 11 is 0. The lowest BCUT2D eigenvalue weighted by molar-refractivity contribution is 0.0596. The second kappa shape index (κ2) is 4.91. The van der Waals surface area contributed by atoms with Gasteiger partial charge in [-0.15, -0.1) is 6.58 Å². The number of carbonyl (C=O) groups is 1. The summed E-state index contributed by atoms with van der Waals surface area (Å²) in [7, 11) is 1.29. The summed E-state index contributed by atoms with van der Waals surface area (Å²) in [6.45, 7) is 5.96. The summed E-state index contributed by atoms with van der Waals surface area (Å²) in [4.78, 5) is 24.1. The van der Waals surface area contributed by atoms with Crippen LogP contribution in [0.4, 0.5) is 0 Å². The predicted molar refractivity (Wildman–Crippen MR) is 70.6 cm³/mol. The molecule has 1 N–H and O–H groups in total. The maximum absolute atomic E-state index is 12.1. The Morgan fingerprint density at radius 3 is 2.84 bits per heavy atom. The second-order valence-electron chi connectivity index (χ2n) is 4.66. The molecule has 0 spiro atoms. The molecule has 0 amide bonds. The van der Waals surface area contributed by atoms with Gasteiger partial charge >= 0.3 is 5.97 Å². The van der Waals surface area contributed by atoms with Gasteiger partial charge in [-0.2, -0.15) is 0 Å². The van der Waals surface area contributed by atoms with Gasteiger partial charge in [0.15, 0.2) is 5.75 Å². The molecule has 0 bridgehead atoms. The van der Waals surface area contributed by atoms with Crippen molar-refractivity contribution in [3.05, 3.63) is 39.8 Å². The minimum absolute atomic E-state index is 0.298. The Kier molecular flexibility index (Phi) is 3.46. The minimum atomic E-state index is -0.523. The van der Waals surface area contributed by atoms with Gasteiger partial charge in [0.1, 0.15) is 0 Å². The molecular formula is C14H17NO4. The van der Waals surface area contributed by atoms with Crippen molar-refractivity contribution in [3.8, 4) is 5.75 Å². The lowest BCUT2D eigenvalue weighted by Crippen LogP contribution is -2.25. The van der Waals surface area contributed by atoms with Gasteiger partial charge in [-0.25, -0.2) is 4.79 Å². The van der Waals surface area contributed by atoms with Gasteiger partial charge in [0.25, 0.3) is 5.56 Å². The Labute approximate surface area is 111 Å². The van der Waals surface area contributed by atoms with E-state index in [1.54, 1.807) is 13.0 Å². The molecule has 1 aromatic heterocycles. The Bertz CT molecular complexity index is 600. The molecule has 102 valence electrons. The van der Waals surface area contributed by atoms with Crippen LogP contribution < -0.4 is 5.56 Å². The molecule has 0 aliphatic carbocycles. The van der Waals surface area contributed by atoms with E-state index in [-0.39, 0.29) is 11.7 Å². The molecule has 2 heterocycles. The van der Waals surface area contributed by atoms with Gasteiger partial charge in [-0.1, -0.05) is 13.0 Å². The van der Waals surface area contributed by atoms with Crippen molar-refractivity contribution in [2.45, 2.75) is 32.2 Å². The first-order valence-corrected chi connectivity index (χ1v) is 6.22.